The second kappa shape index (κ2) is 11.6. The number of esters is 2. The van der Waals surface area contributed by atoms with Gasteiger partial charge in [0, 0.05) is 0 Å². The minimum Gasteiger partial charge on any atom is -0.465 e. The van der Waals surface area contributed by atoms with Crippen LogP contribution in [0.5, 0.6) is 0 Å². The van der Waals surface area contributed by atoms with Gasteiger partial charge in [-0.25, -0.2) is 0 Å². The molecule has 0 bridgehead atoms. The molecule has 0 aliphatic rings. The fraction of sp³-hybridized carbons (Fsp3) is 0.833. The van der Waals surface area contributed by atoms with Crippen LogP contribution in [0.15, 0.2) is 0 Å². The molecule has 0 fully saturated rings. The van der Waals surface area contributed by atoms with Crippen molar-refractivity contribution in [3.63, 3.8) is 0 Å². The molecule has 0 N–H and O–H groups in total. The van der Waals surface area contributed by atoms with Crippen LogP contribution in [0.3, 0.4) is 0 Å². The first-order valence-electron chi connectivity index (χ1n) is 6.07. The second-order valence-corrected chi connectivity index (χ2v) is 4.48. The van der Waals surface area contributed by atoms with Crippen molar-refractivity contribution in [3.05, 3.63) is 0 Å². The zero-order valence-electron chi connectivity index (χ0n) is 10.6. The van der Waals surface area contributed by atoms with Crippen LogP contribution >= 0.6 is 23.2 Å². The van der Waals surface area contributed by atoms with E-state index in [-0.39, 0.29) is 23.7 Å². The van der Waals surface area contributed by atoms with Crippen LogP contribution in [0.1, 0.15) is 32.6 Å². The van der Waals surface area contributed by atoms with Crippen molar-refractivity contribution in [2.45, 2.75) is 32.6 Å². The Morgan fingerprint density at radius 2 is 1.67 bits per heavy atom. The molecule has 1 unspecified atom stereocenters. The SMILES string of the molecule is CCC(CCCCOC(=O)CCl)COC(=O)CCl. The van der Waals surface area contributed by atoms with E-state index in [1.807, 2.05) is 6.92 Å². The highest BCUT2D eigenvalue weighted by atomic mass is 35.5. The Hall–Kier alpha value is -0.480. The third-order valence-corrected chi connectivity index (χ3v) is 2.98. The highest BCUT2D eigenvalue weighted by Crippen LogP contribution is 2.13. The van der Waals surface area contributed by atoms with Crippen LogP contribution < -0.4 is 0 Å². The van der Waals surface area contributed by atoms with E-state index in [0.29, 0.717) is 19.1 Å². The Morgan fingerprint density at radius 3 is 2.22 bits per heavy atom. The zero-order valence-corrected chi connectivity index (χ0v) is 12.1. The predicted octanol–water partition coefficient (Wildman–Crippen LogP) is 2.75. The molecule has 0 saturated heterocycles. The predicted molar refractivity (Wildman–Crippen MR) is 71.0 cm³/mol. The minimum atomic E-state index is -0.389. The van der Waals surface area contributed by atoms with E-state index in [1.165, 1.54) is 0 Å². The van der Waals surface area contributed by atoms with Gasteiger partial charge in [-0.2, -0.15) is 0 Å². The number of halogens is 2. The van der Waals surface area contributed by atoms with Crippen molar-refractivity contribution in [1.82, 2.24) is 0 Å². The van der Waals surface area contributed by atoms with Gasteiger partial charge in [0.15, 0.2) is 0 Å². The van der Waals surface area contributed by atoms with E-state index in [9.17, 15) is 9.59 Å². The van der Waals surface area contributed by atoms with Gasteiger partial charge in [0.1, 0.15) is 11.8 Å². The number of alkyl halides is 2. The van der Waals surface area contributed by atoms with Crippen molar-refractivity contribution in [3.8, 4) is 0 Å². The number of carbonyl (C=O) groups is 2. The van der Waals surface area contributed by atoms with Gasteiger partial charge < -0.3 is 9.47 Å². The summed E-state index contributed by atoms with van der Waals surface area (Å²) in [6.07, 6.45) is 3.59. The molecule has 6 heteroatoms. The van der Waals surface area contributed by atoms with Gasteiger partial charge in [-0.15, -0.1) is 23.2 Å². The maximum atomic E-state index is 10.9. The van der Waals surface area contributed by atoms with Crippen molar-refractivity contribution in [2.75, 3.05) is 25.0 Å². The molecule has 0 heterocycles. The van der Waals surface area contributed by atoms with E-state index < -0.39 is 0 Å². The van der Waals surface area contributed by atoms with Gasteiger partial charge in [-0.1, -0.05) is 13.3 Å². The van der Waals surface area contributed by atoms with Gasteiger partial charge in [0.05, 0.1) is 13.2 Å². The highest BCUT2D eigenvalue weighted by Gasteiger charge is 2.09. The molecule has 0 aromatic carbocycles. The normalized spacial score (nSPS) is 11.9. The van der Waals surface area contributed by atoms with Gasteiger partial charge in [-0.05, 0) is 25.2 Å². The van der Waals surface area contributed by atoms with Gasteiger partial charge in [0.25, 0.3) is 0 Å². The number of carbonyl (C=O) groups excluding carboxylic acids is 2. The second-order valence-electron chi connectivity index (χ2n) is 3.94. The van der Waals surface area contributed by atoms with Gasteiger partial charge in [0.2, 0.25) is 0 Å². The molecule has 0 aliphatic carbocycles. The van der Waals surface area contributed by atoms with Crippen LogP contribution in [0.25, 0.3) is 0 Å². The van der Waals surface area contributed by atoms with Crippen LogP contribution in [0, 0.1) is 5.92 Å². The number of rotatable bonds is 10. The number of unbranched alkanes of at least 4 members (excludes halogenated alkanes) is 1. The molecule has 0 aliphatic heterocycles. The molecule has 1 atom stereocenters. The van der Waals surface area contributed by atoms with Crippen LogP contribution in [0.2, 0.25) is 0 Å². The first kappa shape index (κ1) is 17.5. The molecule has 0 aromatic heterocycles. The molecule has 18 heavy (non-hydrogen) atoms. The average Bonchev–Trinajstić information content (AvgIpc) is 2.40. The molecule has 4 nitrogen and oxygen atoms in total. The quantitative estimate of drug-likeness (QED) is 0.353. The highest BCUT2D eigenvalue weighted by molar-refractivity contribution is 6.26. The third-order valence-electron chi connectivity index (χ3n) is 2.55. The molecule has 0 spiro atoms. The van der Waals surface area contributed by atoms with Crippen molar-refractivity contribution < 1.29 is 19.1 Å². The maximum Gasteiger partial charge on any atom is 0.320 e. The monoisotopic (exact) mass is 298 g/mol. The number of hydrogen-bond donors (Lipinski definition) is 0. The molecule has 0 aromatic rings. The van der Waals surface area contributed by atoms with Crippen LogP contribution in [-0.4, -0.2) is 36.9 Å². The minimum absolute atomic E-state index is 0.105. The van der Waals surface area contributed by atoms with Crippen molar-refractivity contribution in [2.24, 2.45) is 5.92 Å². The van der Waals surface area contributed by atoms with E-state index in [4.69, 9.17) is 32.7 Å². The molecular weight excluding hydrogens is 279 g/mol. The Balaban J connectivity index is 3.55. The Bertz CT molecular complexity index is 246. The van der Waals surface area contributed by atoms with Crippen molar-refractivity contribution >= 4 is 35.1 Å². The van der Waals surface area contributed by atoms with E-state index in [1.54, 1.807) is 0 Å². The largest absolute Gasteiger partial charge is 0.465 e. The lowest BCUT2D eigenvalue weighted by molar-refractivity contribution is -0.142. The van der Waals surface area contributed by atoms with E-state index in [0.717, 1.165) is 25.7 Å². The molecule has 106 valence electrons. The number of hydrogen-bond acceptors (Lipinski definition) is 4. The molecule has 0 saturated carbocycles. The summed E-state index contributed by atoms with van der Waals surface area (Å²) in [4.78, 5) is 21.6. The fourth-order valence-corrected chi connectivity index (χ4v) is 1.57. The summed E-state index contributed by atoms with van der Waals surface area (Å²) < 4.78 is 9.83. The molecule has 0 radical (unpaired) electrons. The summed E-state index contributed by atoms with van der Waals surface area (Å²) in [7, 11) is 0. The van der Waals surface area contributed by atoms with E-state index in [2.05, 4.69) is 0 Å². The standard InChI is InChI=1S/C12H20Cl2O4/c1-2-10(9-18-12(16)8-14)5-3-4-6-17-11(15)7-13/h10H,2-9H2,1H3. The lowest BCUT2D eigenvalue weighted by atomic mass is 10.0. The molecule has 0 amide bonds. The smallest absolute Gasteiger partial charge is 0.320 e. The Morgan fingerprint density at radius 1 is 1.06 bits per heavy atom. The van der Waals surface area contributed by atoms with Gasteiger partial charge in [-0.3, -0.25) is 9.59 Å². The topological polar surface area (TPSA) is 52.6 Å². The fourth-order valence-electron chi connectivity index (χ4n) is 1.41. The summed E-state index contributed by atoms with van der Waals surface area (Å²) in [5, 5.41) is 0. The third kappa shape index (κ3) is 9.54. The van der Waals surface area contributed by atoms with Crippen LogP contribution in [0.4, 0.5) is 0 Å². The first-order valence-corrected chi connectivity index (χ1v) is 7.14. The Kier molecular flexibility index (Phi) is 11.3. The lowest BCUT2D eigenvalue weighted by Crippen LogP contribution is -2.15. The summed E-state index contributed by atoms with van der Waals surface area (Å²) in [6, 6.07) is 0. The van der Waals surface area contributed by atoms with Crippen LogP contribution in [-0.2, 0) is 19.1 Å². The molecular formula is C12H20Cl2O4. The average molecular weight is 299 g/mol. The zero-order chi connectivity index (χ0) is 13.8. The first-order chi connectivity index (χ1) is 8.63. The summed E-state index contributed by atoms with van der Waals surface area (Å²) >= 11 is 10.6. The summed E-state index contributed by atoms with van der Waals surface area (Å²) in [6.45, 7) is 2.85. The maximum absolute atomic E-state index is 10.9. The lowest BCUT2D eigenvalue weighted by Gasteiger charge is -2.14. The number of ether oxygens (including phenoxy) is 2. The summed E-state index contributed by atoms with van der Waals surface area (Å²) in [5.41, 5.74) is 0. The summed E-state index contributed by atoms with van der Waals surface area (Å²) in [5.74, 6) is -0.650. The van der Waals surface area contributed by atoms with Gasteiger partial charge >= 0.3 is 11.9 Å². The molecule has 0 rings (SSSR count). The van der Waals surface area contributed by atoms with Crippen molar-refractivity contribution in [1.29, 1.82) is 0 Å². The Labute approximate surface area is 118 Å². The van der Waals surface area contributed by atoms with E-state index >= 15 is 0 Å².